The Morgan fingerprint density at radius 1 is 1.11 bits per heavy atom. The molecule has 3 N–H and O–H groups in total. The molecule has 0 spiro atoms. The van der Waals surface area contributed by atoms with Gasteiger partial charge >= 0.3 is 5.97 Å². The zero-order valence-corrected chi connectivity index (χ0v) is 15.2. The summed E-state index contributed by atoms with van der Waals surface area (Å²) in [4.78, 5) is 23.6. The Morgan fingerprint density at radius 2 is 1.75 bits per heavy atom. The number of nitrogens with two attached hydrogens (primary N) is 1. The Labute approximate surface area is 164 Å². The number of hydrogen-bond donors (Lipinski definition) is 2. The molecule has 0 saturated carbocycles. The van der Waals surface area contributed by atoms with Crippen LogP contribution in [0.2, 0.25) is 0 Å². The predicted molar refractivity (Wildman–Crippen MR) is 104 cm³/mol. The van der Waals surface area contributed by atoms with E-state index in [1.165, 1.54) is 4.57 Å². The van der Waals surface area contributed by atoms with Crippen molar-refractivity contribution in [3.05, 3.63) is 81.1 Å². The fraction of sp³-hybridized carbons (Fsp3) is 0.100. The van der Waals surface area contributed by atoms with Crippen molar-refractivity contribution in [3.63, 3.8) is 0 Å². The van der Waals surface area contributed by atoms with E-state index < -0.39 is 34.0 Å². The smallest absolute Gasteiger partial charge is 0.341 e. The van der Waals surface area contributed by atoms with E-state index in [1.54, 1.807) is 24.3 Å². The molecular formula is C20H15ClF2N2O3. The van der Waals surface area contributed by atoms with E-state index in [9.17, 15) is 23.5 Å². The van der Waals surface area contributed by atoms with Gasteiger partial charge in [-0.2, -0.15) is 0 Å². The Balaban J connectivity index is 0.00000280. The second-order valence-electron chi connectivity index (χ2n) is 5.76. The second-order valence-corrected chi connectivity index (χ2v) is 5.76. The van der Waals surface area contributed by atoms with E-state index in [0.29, 0.717) is 5.56 Å². The molecule has 0 aliphatic heterocycles. The number of nitrogens with zero attached hydrogens (tertiary/aromatic N) is 1. The van der Waals surface area contributed by atoms with Crippen LogP contribution in [-0.4, -0.2) is 22.2 Å². The average molecular weight is 405 g/mol. The third kappa shape index (κ3) is 4.03. The summed E-state index contributed by atoms with van der Waals surface area (Å²) in [6.07, 6.45) is 1.03. The Hall–Kier alpha value is -3.21. The van der Waals surface area contributed by atoms with Crippen molar-refractivity contribution in [1.29, 1.82) is 0 Å². The highest BCUT2D eigenvalue weighted by molar-refractivity contribution is 5.93. The number of halogens is 3. The second kappa shape index (κ2) is 8.65. The van der Waals surface area contributed by atoms with Crippen molar-refractivity contribution in [1.82, 2.24) is 4.57 Å². The van der Waals surface area contributed by atoms with Crippen molar-refractivity contribution in [2.45, 2.75) is 6.54 Å². The van der Waals surface area contributed by atoms with Crippen molar-refractivity contribution < 1.29 is 18.7 Å². The number of carboxylic acids is 1. The SMILES string of the molecule is Cl.NCC#Cc1ccc(Cn2cc(C(=O)O)c(=O)c3c(F)ccc(F)c32)cc1. The molecule has 1 aromatic heterocycles. The summed E-state index contributed by atoms with van der Waals surface area (Å²) < 4.78 is 29.7. The standard InChI is InChI=1S/C20H14F2N2O3.ClH/c21-15-7-8-16(22)18-17(15)19(25)14(20(26)27)11-24(18)10-13-5-3-12(4-6-13)2-1-9-23;/h3-8,11H,9-10,23H2,(H,26,27);1H. The maximum absolute atomic E-state index is 14.3. The molecule has 0 aliphatic rings. The highest BCUT2D eigenvalue weighted by Gasteiger charge is 2.20. The number of hydrogen-bond acceptors (Lipinski definition) is 3. The third-order valence-corrected chi connectivity index (χ3v) is 3.99. The first-order valence-electron chi connectivity index (χ1n) is 7.94. The van der Waals surface area contributed by atoms with Gasteiger partial charge in [-0.25, -0.2) is 13.6 Å². The lowest BCUT2D eigenvalue weighted by Gasteiger charge is -2.13. The summed E-state index contributed by atoms with van der Waals surface area (Å²) in [7, 11) is 0. The van der Waals surface area contributed by atoms with Gasteiger partial charge in [0.1, 0.15) is 17.2 Å². The minimum Gasteiger partial charge on any atom is -0.477 e. The molecule has 1 heterocycles. The molecule has 0 unspecified atom stereocenters. The quantitative estimate of drug-likeness (QED) is 0.657. The molecule has 2 aromatic carbocycles. The summed E-state index contributed by atoms with van der Waals surface area (Å²) in [5.74, 6) is 2.29. The largest absolute Gasteiger partial charge is 0.477 e. The molecule has 8 heteroatoms. The zero-order chi connectivity index (χ0) is 19.6. The number of aromatic nitrogens is 1. The predicted octanol–water partition coefficient (Wildman–Crippen LogP) is 2.76. The van der Waals surface area contributed by atoms with E-state index in [0.717, 1.165) is 23.9 Å². The molecule has 3 rings (SSSR count). The van der Waals surface area contributed by atoms with Crippen LogP contribution in [0.5, 0.6) is 0 Å². The van der Waals surface area contributed by atoms with Crippen LogP contribution in [0.3, 0.4) is 0 Å². The molecule has 5 nitrogen and oxygen atoms in total. The van der Waals surface area contributed by atoms with Gasteiger partial charge in [-0.15, -0.1) is 12.4 Å². The van der Waals surface area contributed by atoms with Crippen LogP contribution in [0.1, 0.15) is 21.5 Å². The molecule has 144 valence electrons. The zero-order valence-electron chi connectivity index (χ0n) is 14.4. The van der Waals surface area contributed by atoms with Gasteiger partial charge in [0.25, 0.3) is 0 Å². The molecule has 0 radical (unpaired) electrons. The van der Waals surface area contributed by atoms with E-state index in [2.05, 4.69) is 11.8 Å². The van der Waals surface area contributed by atoms with E-state index in [4.69, 9.17) is 5.73 Å². The normalized spacial score (nSPS) is 10.1. The average Bonchev–Trinajstić information content (AvgIpc) is 2.65. The van der Waals surface area contributed by atoms with Gasteiger partial charge in [-0.1, -0.05) is 24.0 Å². The van der Waals surface area contributed by atoms with Crippen molar-refractivity contribution >= 4 is 29.3 Å². The lowest BCUT2D eigenvalue weighted by molar-refractivity contribution is 0.0695. The minimum absolute atomic E-state index is 0. The van der Waals surface area contributed by atoms with Crippen LogP contribution in [0.4, 0.5) is 8.78 Å². The third-order valence-electron chi connectivity index (χ3n) is 3.99. The molecule has 0 aliphatic carbocycles. The summed E-state index contributed by atoms with van der Waals surface area (Å²) in [5.41, 5.74) is 4.78. The highest BCUT2D eigenvalue weighted by atomic mass is 35.5. The minimum atomic E-state index is -1.51. The number of benzene rings is 2. The van der Waals surface area contributed by atoms with Gasteiger partial charge in [0.2, 0.25) is 5.43 Å². The van der Waals surface area contributed by atoms with Crippen molar-refractivity contribution in [2.24, 2.45) is 5.73 Å². The van der Waals surface area contributed by atoms with E-state index in [-0.39, 0.29) is 31.0 Å². The first-order valence-corrected chi connectivity index (χ1v) is 7.94. The molecule has 0 fully saturated rings. The fourth-order valence-corrected chi connectivity index (χ4v) is 2.77. The molecule has 3 aromatic rings. The van der Waals surface area contributed by atoms with Crippen LogP contribution in [-0.2, 0) is 6.54 Å². The number of pyridine rings is 1. The molecule has 0 atom stereocenters. The lowest BCUT2D eigenvalue weighted by atomic mass is 10.1. The Bertz CT molecular complexity index is 1160. The lowest BCUT2D eigenvalue weighted by Crippen LogP contribution is -2.21. The van der Waals surface area contributed by atoms with E-state index in [1.807, 2.05) is 0 Å². The summed E-state index contributed by atoms with van der Waals surface area (Å²) in [6, 6.07) is 8.62. The summed E-state index contributed by atoms with van der Waals surface area (Å²) in [5, 5.41) is 8.66. The number of rotatable bonds is 3. The number of carboxylic acid groups (broad SMARTS) is 1. The topological polar surface area (TPSA) is 85.3 Å². The molecule has 28 heavy (non-hydrogen) atoms. The van der Waals surface area contributed by atoms with Gasteiger partial charge in [0.05, 0.1) is 17.4 Å². The van der Waals surface area contributed by atoms with Gasteiger partial charge < -0.3 is 15.4 Å². The summed E-state index contributed by atoms with van der Waals surface area (Å²) in [6.45, 7) is 0.274. The van der Waals surface area contributed by atoms with E-state index >= 15 is 0 Å². The Morgan fingerprint density at radius 3 is 2.36 bits per heavy atom. The van der Waals surface area contributed by atoms with Crippen LogP contribution in [0.25, 0.3) is 10.9 Å². The van der Waals surface area contributed by atoms with Crippen molar-refractivity contribution in [3.8, 4) is 11.8 Å². The van der Waals surface area contributed by atoms with Gasteiger partial charge in [0, 0.05) is 18.3 Å². The first-order chi connectivity index (χ1) is 12.9. The molecule has 0 amide bonds. The molecule has 0 bridgehead atoms. The maximum Gasteiger partial charge on any atom is 0.341 e. The number of aromatic carboxylic acids is 1. The van der Waals surface area contributed by atoms with Gasteiger partial charge in [-0.05, 0) is 29.8 Å². The van der Waals surface area contributed by atoms with Crippen LogP contribution in [0.15, 0.2) is 47.4 Å². The maximum atomic E-state index is 14.3. The highest BCUT2D eigenvalue weighted by Crippen LogP contribution is 2.20. The molecular weight excluding hydrogens is 390 g/mol. The first kappa shape index (κ1) is 21.1. The number of fused-ring (bicyclic) bond motifs is 1. The van der Waals surface area contributed by atoms with Gasteiger partial charge in [-0.3, -0.25) is 4.79 Å². The van der Waals surface area contributed by atoms with Crippen LogP contribution in [0, 0.1) is 23.5 Å². The molecule has 0 saturated heterocycles. The fourth-order valence-electron chi connectivity index (χ4n) is 2.77. The van der Waals surface area contributed by atoms with Crippen LogP contribution < -0.4 is 11.2 Å². The van der Waals surface area contributed by atoms with Crippen molar-refractivity contribution in [2.75, 3.05) is 6.54 Å². The summed E-state index contributed by atoms with van der Waals surface area (Å²) >= 11 is 0. The Kier molecular flexibility index (Phi) is 6.52. The number of carbonyl (C=O) groups is 1. The monoisotopic (exact) mass is 404 g/mol. The van der Waals surface area contributed by atoms with Gasteiger partial charge in [0.15, 0.2) is 0 Å². The van der Waals surface area contributed by atoms with Crippen LogP contribution >= 0.6 is 12.4 Å².